The van der Waals surface area contributed by atoms with Crippen molar-refractivity contribution in [1.29, 1.82) is 0 Å². The summed E-state index contributed by atoms with van der Waals surface area (Å²) in [5.41, 5.74) is -0.123. The lowest BCUT2D eigenvalue weighted by Crippen LogP contribution is -2.27. The van der Waals surface area contributed by atoms with Crippen molar-refractivity contribution in [3.05, 3.63) is 41.0 Å². The van der Waals surface area contributed by atoms with Crippen LogP contribution < -0.4 is 5.32 Å². The van der Waals surface area contributed by atoms with Crippen molar-refractivity contribution in [2.75, 3.05) is 12.3 Å². The van der Waals surface area contributed by atoms with Gasteiger partial charge in [-0.15, -0.1) is 0 Å². The first kappa shape index (κ1) is 18.1. The average molecular weight is 333 g/mol. The molecule has 1 amide bonds. The number of hydrogen-bond acceptors (Lipinski definition) is 3. The normalized spacial score (nSPS) is 12.1. The SMILES string of the molecule is O=C(O)CCNC(=O)C(=Cc1ccc(C(F)(F)F)cc1)CS. The third-order valence-corrected chi connectivity index (χ3v) is 3.01. The Bertz CT molecular complexity index is 568. The van der Waals surface area contributed by atoms with Crippen LogP contribution in [0.15, 0.2) is 29.8 Å². The number of carboxylic acids is 1. The van der Waals surface area contributed by atoms with Crippen LogP contribution in [0.2, 0.25) is 0 Å². The summed E-state index contributed by atoms with van der Waals surface area (Å²) in [5, 5.41) is 10.9. The number of hydrogen-bond donors (Lipinski definition) is 3. The monoisotopic (exact) mass is 333 g/mol. The Labute approximate surface area is 130 Å². The van der Waals surface area contributed by atoms with E-state index in [1.54, 1.807) is 0 Å². The van der Waals surface area contributed by atoms with Crippen molar-refractivity contribution >= 4 is 30.6 Å². The van der Waals surface area contributed by atoms with E-state index in [9.17, 15) is 22.8 Å². The smallest absolute Gasteiger partial charge is 0.416 e. The van der Waals surface area contributed by atoms with Gasteiger partial charge in [0.1, 0.15) is 0 Å². The molecule has 4 nitrogen and oxygen atoms in total. The number of benzene rings is 1. The molecule has 0 aliphatic rings. The van der Waals surface area contributed by atoms with Gasteiger partial charge in [-0.05, 0) is 23.8 Å². The lowest BCUT2D eigenvalue weighted by atomic mass is 10.1. The highest BCUT2D eigenvalue weighted by molar-refractivity contribution is 7.80. The number of nitrogens with one attached hydrogen (secondary N) is 1. The highest BCUT2D eigenvalue weighted by atomic mass is 32.1. The van der Waals surface area contributed by atoms with E-state index in [1.807, 2.05) is 0 Å². The van der Waals surface area contributed by atoms with Gasteiger partial charge in [0.05, 0.1) is 12.0 Å². The molecule has 1 rings (SSSR count). The molecule has 0 atom stereocenters. The molecule has 1 aromatic carbocycles. The molecule has 0 saturated carbocycles. The summed E-state index contributed by atoms with van der Waals surface area (Å²) in [7, 11) is 0. The molecule has 0 aromatic heterocycles. The minimum Gasteiger partial charge on any atom is -0.481 e. The van der Waals surface area contributed by atoms with Gasteiger partial charge in [-0.3, -0.25) is 9.59 Å². The lowest BCUT2D eigenvalue weighted by Gasteiger charge is -2.08. The van der Waals surface area contributed by atoms with Gasteiger partial charge >= 0.3 is 12.1 Å². The minimum atomic E-state index is -4.41. The first-order valence-electron chi connectivity index (χ1n) is 6.22. The van der Waals surface area contributed by atoms with Crippen molar-refractivity contribution in [2.45, 2.75) is 12.6 Å². The summed E-state index contributed by atoms with van der Waals surface area (Å²) in [6, 6.07) is 4.34. The van der Waals surface area contributed by atoms with Crippen LogP contribution in [0.1, 0.15) is 17.5 Å². The summed E-state index contributed by atoms with van der Waals surface area (Å²) in [4.78, 5) is 22.1. The number of carbonyl (C=O) groups excluding carboxylic acids is 1. The van der Waals surface area contributed by atoms with Gasteiger partial charge in [0.25, 0.3) is 0 Å². The molecule has 22 heavy (non-hydrogen) atoms. The van der Waals surface area contributed by atoms with E-state index in [1.165, 1.54) is 18.2 Å². The van der Waals surface area contributed by atoms with Crippen molar-refractivity contribution in [2.24, 2.45) is 0 Å². The van der Waals surface area contributed by atoms with Crippen molar-refractivity contribution in [3.8, 4) is 0 Å². The van der Waals surface area contributed by atoms with E-state index in [0.29, 0.717) is 5.56 Å². The van der Waals surface area contributed by atoms with E-state index in [0.717, 1.165) is 12.1 Å². The average Bonchev–Trinajstić information content (AvgIpc) is 2.43. The van der Waals surface area contributed by atoms with Crippen molar-refractivity contribution in [1.82, 2.24) is 5.32 Å². The molecule has 0 radical (unpaired) electrons. The molecule has 0 aliphatic heterocycles. The second-order valence-corrected chi connectivity index (χ2v) is 4.66. The van der Waals surface area contributed by atoms with E-state index >= 15 is 0 Å². The Kier molecular flexibility index (Phi) is 6.48. The number of carboxylic acid groups (broad SMARTS) is 1. The van der Waals surface area contributed by atoms with E-state index in [4.69, 9.17) is 5.11 Å². The van der Waals surface area contributed by atoms with Crippen LogP contribution in [0.5, 0.6) is 0 Å². The number of amides is 1. The molecule has 0 aliphatic carbocycles. The molecule has 0 unspecified atom stereocenters. The number of thiol groups is 1. The lowest BCUT2D eigenvalue weighted by molar-refractivity contribution is -0.138. The third-order valence-electron chi connectivity index (χ3n) is 2.67. The van der Waals surface area contributed by atoms with Crippen molar-refractivity contribution < 1.29 is 27.9 Å². The predicted octanol–water partition coefficient (Wildman–Crippen LogP) is 2.61. The van der Waals surface area contributed by atoms with Gasteiger partial charge in [0.15, 0.2) is 0 Å². The third kappa shape index (κ3) is 5.80. The summed E-state index contributed by atoms with van der Waals surface area (Å²) in [6.07, 6.45) is -3.22. The van der Waals surface area contributed by atoms with Crippen LogP contribution in [0, 0.1) is 0 Å². The Balaban J connectivity index is 2.79. The summed E-state index contributed by atoms with van der Waals surface area (Å²) in [6.45, 7) is -0.0354. The van der Waals surface area contributed by atoms with Crippen LogP contribution in [-0.2, 0) is 15.8 Å². The highest BCUT2D eigenvalue weighted by Gasteiger charge is 2.29. The number of carbonyl (C=O) groups is 2. The second-order valence-electron chi connectivity index (χ2n) is 4.35. The van der Waals surface area contributed by atoms with Gasteiger partial charge in [-0.2, -0.15) is 25.8 Å². The van der Waals surface area contributed by atoms with Crippen LogP contribution in [0.25, 0.3) is 6.08 Å². The molecule has 8 heteroatoms. The van der Waals surface area contributed by atoms with Crippen LogP contribution in [0.3, 0.4) is 0 Å². The fourth-order valence-corrected chi connectivity index (χ4v) is 1.78. The van der Waals surface area contributed by atoms with E-state index < -0.39 is 23.6 Å². The zero-order valence-electron chi connectivity index (χ0n) is 11.4. The van der Waals surface area contributed by atoms with Crippen molar-refractivity contribution in [3.63, 3.8) is 0 Å². The Morgan fingerprint density at radius 2 is 1.82 bits per heavy atom. The summed E-state index contributed by atoms with van der Waals surface area (Å²) >= 11 is 3.99. The van der Waals surface area contributed by atoms with E-state index in [-0.39, 0.29) is 24.3 Å². The van der Waals surface area contributed by atoms with Gasteiger partial charge in [-0.25, -0.2) is 0 Å². The molecular weight excluding hydrogens is 319 g/mol. The zero-order valence-corrected chi connectivity index (χ0v) is 12.2. The van der Waals surface area contributed by atoms with Crippen LogP contribution in [0.4, 0.5) is 13.2 Å². The topological polar surface area (TPSA) is 66.4 Å². The number of rotatable bonds is 6. The standard InChI is InChI=1S/C14H14F3NO3S/c15-14(16,17)11-3-1-9(2-4-11)7-10(8-22)13(21)18-6-5-12(19)20/h1-4,7,22H,5-6,8H2,(H,18,21)(H,19,20). The molecule has 2 N–H and O–H groups in total. The second kappa shape index (κ2) is 7.88. The predicted molar refractivity (Wildman–Crippen MR) is 78.5 cm³/mol. The van der Waals surface area contributed by atoms with Crippen LogP contribution in [-0.4, -0.2) is 29.3 Å². The molecule has 1 aromatic rings. The van der Waals surface area contributed by atoms with Gasteiger partial charge in [0, 0.05) is 17.9 Å². The Hall–Kier alpha value is -1.96. The molecule has 0 fully saturated rings. The maximum atomic E-state index is 12.4. The molecular formula is C14H14F3NO3S. The highest BCUT2D eigenvalue weighted by Crippen LogP contribution is 2.29. The first-order valence-corrected chi connectivity index (χ1v) is 6.86. The Morgan fingerprint density at radius 1 is 1.23 bits per heavy atom. The molecule has 0 spiro atoms. The zero-order chi connectivity index (χ0) is 16.8. The molecule has 0 heterocycles. The van der Waals surface area contributed by atoms with Crippen LogP contribution >= 0.6 is 12.6 Å². The van der Waals surface area contributed by atoms with Gasteiger partial charge in [0.2, 0.25) is 5.91 Å². The number of aliphatic carboxylic acids is 1. The fraction of sp³-hybridized carbons (Fsp3) is 0.286. The quantitative estimate of drug-likeness (QED) is 0.554. The fourth-order valence-electron chi connectivity index (χ4n) is 1.55. The molecule has 0 saturated heterocycles. The minimum absolute atomic E-state index is 0.0354. The number of alkyl halides is 3. The molecule has 120 valence electrons. The largest absolute Gasteiger partial charge is 0.481 e. The van der Waals surface area contributed by atoms with Gasteiger partial charge in [-0.1, -0.05) is 12.1 Å². The molecule has 0 bridgehead atoms. The van der Waals surface area contributed by atoms with E-state index in [2.05, 4.69) is 17.9 Å². The first-order chi connectivity index (χ1) is 10.2. The summed E-state index contributed by atoms with van der Waals surface area (Å²) < 4.78 is 37.3. The maximum Gasteiger partial charge on any atom is 0.416 e. The van der Waals surface area contributed by atoms with Gasteiger partial charge < -0.3 is 10.4 Å². The number of halogens is 3. The summed E-state index contributed by atoms with van der Waals surface area (Å²) in [5.74, 6) is -1.48. The Morgan fingerprint density at radius 3 is 2.27 bits per heavy atom. The maximum absolute atomic E-state index is 12.4.